The van der Waals surface area contributed by atoms with E-state index in [1.54, 1.807) is 25.9 Å². The number of rotatable bonds is 4. The summed E-state index contributed by atoms with van der Waals surface area (Å²) in [5.41, 5.74) is 0.403. The molecule has 0 saturated carbocycles. The van der Waals surface area contributed by atoms with Crippen LogP contribution >= 0.6 is 0 Å². The third-order valence-corrected chi connectivity index (χ3v) is 1.88. The van der Waals surface area contributed by atoms with Crippen LogP contribution < -0.4 is 5.32 Å². The molecule has 0 bridgehead atoms. The molecule has 7 nitrogen and oxygen atoms in total. The Kier molecular flexibility index (Phi) is 3.62. The van der Waals surface area contributed by atoms with Crippen molar-refractivity contribution >= 4 is 17.7 Å². The van der Waals surface area contributed by atoms with Crippen LogP contribution in [0.4, 0.5) is 5.82 Å². The van der Waals surface area contributed by atoms with Crippen molar-refractivity contribution in [2.75, 3.05) is 26.0 Å². The first kappa shape index (κ1) is 12.2. The predicted octanol–water partition coefficient (Wildman–Crippen LogP) is -0.0836. The van der Waals surface area contributed by atoms with Gasteiger partial charge in [0.15, 0.2) is 5.82 Å². The standard InChI is InChI=1S/C9H14N4O3/c1-5-7(9(15)16)8(12-11-5)10-6(14)4-13(2)3/h4H2,1-3H3,(H,15,16)(H2,10,11,12,14). The minimum atomic E-state index is -1.12. The average Bonchev–Trinajstić information content (AvgIpc) is 2.45. The zero-order chi connectivity index (χ0) is 12.3. The van der Waals surface area contributed by atoms with Crippen LogP contribution in [0.5, 0.6) is 0 Å². The molecule has 0 spiro atoms. The first-order valence-corrected chi connectivity index (χ1v) is 4.64. The average molecular weight is 226 g/mol. The van der Waals surface area contributed by atoms with Crippen LogP contribution in [0.1, 0.15) is 16.1 Å². The van der Waals surface area contributed by atoms with E-state index >= 15 is 0 Å². The van der Waals surface area contributed by atoms with Crippen molar-refractivity contribution in [2.24, 2.45) is 0 Å². The predicted molar refractivity (Wildman–Crippen MR) is 57.5 cm³/mol. The summed E-state index contributed by atoms with van der Waals surface area (Å²) in [7, 11) is 3.49. The number of H-pyrrole nitrogens is 1. The van der Waals surface area contributed by atoms with Gasteiger partial charge in [-0.25, -0.2) is 4.79 Å². The van der Waals surface area contributed by atoms with Crippen LogP contribution in [-0.4, -0.2) is 52.7 Å². The molecular formula is C9H14N4O3. The lowest BCUT2D eigenvalue weighted by Gasteiger charge is -2.08. The first-order valence-electron chi connectivity index (χ1n) is 4.64. The Hall–Kier alpha value is -1.89. The molecule has 0 saturated heterocycles. The number of carboxylic acids is 1. The molecule has 1 aromatic heterocycles. The van der Waals surface area contributed by atoms with Crippen molar-refractivity contribution < 1.29 is 14.7 Å². The van der Waals surface area contributed by atoms with Gasteiger partial charge in [-0.15, -0.1) is 0 Å². The summed E-state index contributed by atoms with van der Waals surface area (Å²) in [6.07, 6.45) is 0. The zero-order valence-electron chi connectivity index (χ0n) is 9.37. The molecule has 0 aliphatic carbocycles. The Morgan fingerprint density at radius 3 is 2.62 bits per heavy atom. The fourth-order valence-corrected chi connectivity index (χ4v) is 1.24. The minimum absolute atomic E-state index is 0.00731. The van der Waals surface area contributed by atoms with Gasteiger partial charge in [-0.1, -0.05) is 0 Å². The van der Waals surface area contributed by atoms with Crippen molar-refractivity contribution in [3.63, 3.8) is 0 Å². The number of aromatic nitrogens is 2. The van der Waals surface area contributed by atoms with Gasteiger partial charge in [0.2, 0.25) is 5.91 Å². The van der Waals surface area contributed by atoms with Crippen molar-refractivity contribution in [3.05, 3.63) is 11.3 Å². The Labute approximate surface area is 92.4 Å². The van der Waals surface area contributed by atoms with E-state index in [4.69, 9.17) is 5.11 Å². The number of hydrogen-bond donors (Lipinski definition) is 3. The summed E-state index contributed by atoms with van der Waals surface area (Å²) in [4.78, 5) is 24.0. The maximum atomic E-state index is 11.4. The van der Waals surface area contributed by atoms with Gasteiger partial charge in [0.05, 0.1) is 6.54 Å². The quantitative estimate of drug-likeness (QED) is 0.666. The van der Waals surface area contributed by atoms with E-state index in [0.29, 0.717) is 5.69 Å². The number of likely N-dealkylation sites (N-methyl/N-ethyl adjacent to an activating group) is 1. The summed E-state index contributed by atoms with van der Waals surface area (Å²) < 4.78 is 0. The normalized spacial score (nSPS) is 10.5. The van der Waals surface area contributed by atoms with Gasteiger partial charge >= 0.3 is 5.97 Å². The number of aryl methyl sites for hydroxylation is 1. The Bertz CT molecular complexity index is 411. The second kappa shape index (κ2) is 4.75. The smallest absolute Gasteiger partial charge is 0.341 e. The lowest BCUT2D eigenvalue weighted by Crippen LogP contribution is -2.27. The lowest BCUT2D eigenvalue weighted by atomic mass is 10.2. The molecule has 1 rings (SSSR count). The molecule has 1 aromatic rings. The molecule has 0 radical (unpaired) electrons. The number of anilines is 1. The van der Waals surface area contributed by atoms with Gasteiger partial charge in [0.25, 0.3) is 0 Å². The maximum absolute atomic E-state index is 11.4. The largest absolute Gasteiger partial charge is 0.477 e. The third kappa shape index (κ3) is 2.80. The molecule has 0 aliphatic heterocycles. The third-order valence-electron chi connectivity index (χ3n) is 1.88. The number of carboxylic acid groups (broad SMARTS) is 1. The fraction of sp³-hybridized carbons (Fsp3) is 0.444. The Morgan fingerprint density at radius 2 is 2.12 bits per heavy atom. The van der Waals surface area contributed by atoms with Gasteiger partial charge in [-0.05, 0) is 21.0 Å². The van der Waals surface area contributed by atoms with Crippen molar-refractivity contribution in [1.29, 1.82) is 0 Å². The monoisotopic (exact) mass is 226 g/mol. The van der Waals surface area contributed by atoms with Crippen LogP contribution in [0, 0.1) is 6.92 Å². The number of aromatic amines is 1. The van der Waals surface area contributed by atoms with Crippen molar-refractivity contribution in [2.45, 2.75) is 6.92 Å². The summed E-state index contributed by atoms with van der Waals surface area (Å²) in [5.74, 6) is -1.37. The summed E-state index contributed by atoms with van der Waals surface area (Å²) in [6.45, 7) is 1.75. The van der Waals surface area contributed by atoms with Crippen LogP contribution in [0.3, 0.4) is 0 Å². The van der Waals surface area contributed by atoms with E-state index in [9.17, 15) is 9.59 Å². The number of hydrogen-bond acceptors (Lipinski definition) is 4. The highest BCUT2D eigenvalue weighted by Crippen LogP contribution is 2.15. The molecule has 0 aromatic carbocycles. The highest BCUT2D eigenvalue weighted by Gasteiger charge is 2.18. The van der Waals surface area contributed by atoms with Gasteiger partial charge in [0, 0.05) is 5.69 Å². The molecule has 7 heteroatoms. The summed E-state index contributed by atoms with van der Waals surface area (Å²) in [5, 5.41) is 17.6. The Morgan fingerprint density at radius 1 is 1.50 bits per heavy atom. The number of amides is 1. The van der Waals surface area contributed by atoms with Crippen LogP contribution in [0.25, 0.3) is 0 Å². The van der Waals surface area contributed by atoms with Gasteiger partial charge < -0.3 is 15.3 Å². The van der Waals surface area contributed by atoms with Crippen LogP contribution in [-0.2, 0) is 4.79 Å². The molecule has 16 heavy (non-hydrogen) atoms. The summed E-state index contributed by atoms with van der Waals surface area (Å²) >= 11 is 0. The molecule has 1 amide bonds. The maximum Gasteiger partial charge on any atom is 0.341 e. The molecule has 0 atom stereocenters. The molecule has 0 aliphatic rings. The second-order valence-corrected chi connectivity index (χ2v) is 3.66. The lowest BCUT2D eigenvalue weighted by molar-refractivity contribution is -0.116. The summed E-state index contributed by atoms with van der Waals surface area (Å²) in [6, 6.07) is 0. The topological polar surface area (TPSA) is 98.3 Å². The number of nitrogens with one attached hydrogen (secondary N) is 2. The first-order chi connectivity index (χ1) is 7.41. The van der Waals surface area contributed by atoms with E-state index in [0.717, 1.165) is 0 Å². The highest BCUT2D eigenvalue weighted by molar-refractivity contribution is 6.00. The molecule has 1 heterocycles. The van der Waals surface area contributed by atoms with Gasteiger partial charge in [-0.3, -0.25) is 9.89 Å². The molecule has 3 N–H and O–H groups in total. The van der Waals surface area contributed by atoms with E-state index < -0.39 is 5.97 Å². The minimum Gasteiger partial charge on any atom is -0.477 e. The van der Waals surface area contributed by atoms with E-state index in [2.05, 4.69) is 15.5 Å². The Balaban J connectivity index is 2.82. The molecular weight excluding hydrogens is 212 g/mol. The number of aromatic carboxylic acids is 1. The van der Waals surface area contributed by atoms with Crippen LogP contribution in [0.2, 0.25) is 0 Å². The SMILES string of the molecule is Cc1[nH]nc(NC(=O)CN(C)C)c1C(=O)O. The van der Waals surface area contributed by atoms with Crippen molar-refractivity contribution in [1.82, 2.24) is 15.1 Å². The van der Waals surface area contributed by atoms with Crippen molar-refractivity contribution in [3.8, 4) is 0 Å². The van der Waals surface area contributed by atoms with Gasteiger partial charge in [0.1, 0.15) is 5.56 Å². The highest BCUT2D eigenvalue weighted by atomic mass is 16.4. The number of carbonyl (C=O) groups is 2. The number of carbonyl (C=O) groups excluding carboxylic acids is 1. The second-order valence-electron chi connectivity index (χ2n) is 3.66. The molecule has 88 valence electrons. The molecule has 0 fully saturated rings. The van der Waals surface area contributed by atoms with Crippen LogP contribution in [0.15, 0.2) is 0 Å². The zero-order valence-corrected chi connectivity index (χ0v) is 9.37. The van der Waals surface area contributed by atoms with Gasteiger partial charge in [-0.2, -0.15) is 5.10 Å². The van der Waals surface area contributed by atoms with E-state index in [-0.39, 0.29) is 23.8 Å². The molecule has 0 unspecified atom stereocenters. The van der Waals surface area contributed by atoms with E-state index in [1.807, 2.05) is 0 Å². The van der Waals surface area contributed by atoms with E-state index in [1.165, 1.54) is 0 Å². The number of nitrogens with zero attached hydrogens (tertiary/aromatic N) is 2. The fourth-order valence-electron chi connectivity index (χ4n) is 1.24.